The Kier molecular flexibility index (Phi) is 5.22. The number of rotatable bonds is 5. The molecule has 2 unspecified atom stereocenters. The van der Waals surface area contributed by atoms with E-state index in [9.17, 15) is 9.90 Å². The van der Waals surface area contributed by atoms with E-state index in [1.165, 1.54) is 5.56 Å². The van der Waals surface area contributed by atoms with Crippen LogP contribution in [0.15, 0.2) is 48.5 Å². The predicted molar refractivity (Wildman–Crippen MR) is 96.5 cm³/mol. The van der Waals surface area contributed by atoms with Gasteiger partial charge in [-0.1, -0.05) is 54.9 Å². The Morgan fingerprint density at radius 2 is 1.75 bits per heavy atom. The lowest BCUT2D eigenvalue weighted by molar-refractivity contribution is -0.142. The third-order valence-electron chi connectivity index (χ3n) is 4.80. The van der Waals surface area contributed by atoms with Crippen LogP contribution in [-0.4, -0.2) is 28.6 Å². The maximum atomic E-state index is 11.7. The molecule has 1 aliphatic rings. The van der Waals surface area contributed by atoms with Gasteiger partial charge < -0.3 is 5.11 Å². The second-order valence-corrected chi connectivity index (χ2v) is 6.72. The number of hydrogen-bond acceptors (Lipinski definition) is 2. The molecule has 0 aliphatic carbocycles. The van der Waals surface area contributed by atoms with Gasteiger partial charge >= 0.3 is 5.97 Å². The first-order chi connectivity index (χ1) is 11.6. The summed E-state index contributed by atoms with van der Waals surface area (Å²) in [6.45, 7) is 2.92. The summed E-state index contributed by atoms with van der Waals surface area (Å²) in [7, 11) is 0. The van der Waals surface area contributed by atoms with Crippen LogP contribution in [0.5, 0.6) is 0 Å². The van der Waals surface area contributed by atoms with Gasteiger partial charge in [-0.2, -0.15) is 0 Å². The fourth-order valence-electron chi connectivity index (χ4n) is 3.52. The van der Waals surface area contributed by atoms with E-state index >= 15 is 0 Å². The SMILES string of the molecule is CCc1ccc(C(c2ccc(Cl)cc2)N2CCCC2C(=O)O)cc1. The number of aliphatic carboxylic acids is 1. The molecule has 4 heteroatoms. The number of benzene rings is 2. The van der Waals surface area contributed by atoms with E-state index in [0.717, 1.165) is 30.5 Å². The lowest BCUT2D eigenvalue weighted by atomic mass is 9.95. The Hall–Kier alpha value is -1.84. The molecular weight excluding hydrogens is 322 g/mol. The molecule has 2 aromatic carbocycles. The molecule has 2 aromatic rings. The van der Waals surface area contributed by atoms with E-state index in [-0.39, 0.29) is 6.04 Å². The second kappa shape index (κ2) is 7.37. The minimum Gasteiger partial charge on any atom is -0.480 e. The van der Waals surface area contributed by atoms with Gasteiger partial charge in [0.2, 0.25) is 0 Å². The van der Waals surface area contributed by atoms with Crippen LogP contribution in [-0.2, 0) is 11.2 Å². The van der Waals surface area contributed by atoms with Crippen LogP contribution >= 0.6 is 11.6 Å². The highest BCUT2D eigenvalue weighted by Crippen LogP contribution is 2.35. The molecule has 1 fully saturated rings. The third kappa shape index (κ3) is 3.47. The molecule has 0 bridgehead atoms. The largest absolute Gasteiger partial charge is 0.480 e. The van der Waals surface area contributed by atoms with Crippen LogP contribution in [0.1, 0.15) is 42.5 Å². The molecule has 1 heterocycles. The zero-order valence-corrected chi connectivity index (χ0v) is 14.5. The number of nitrogens with zero attached hydrogens (tertiary/aromatic N) is 1. The highest BCUT2D eigenvalue weighted by atomic mass is 35.5. The average molecular weight is 344 g/mol. The van der Waals surface area contributed by atoms with E-state index in [1.54, 1.807) is 0 Å². The molecule has 1 N–H and O–H groups in total. The maximum Gasteiger partial charge on any atom is 0.320 e. The highest BCUT2D eigenvalue weighted by molar-refractivity contribution is 6.30. The van der Waals surface area contributed by atoms with Gasteiger partial charge in [0.25, 0.3) is 0 Å². The van der Waals surface area contributed by atoms with E-state index in [4.69, 9.17) is 11.6 Å². The molecule has 24 heavy (non-hydrogen) atoms. The van der Waals surface area contributed by atoms with Crippen molar-refractivity contribution in [3.8, 4) is 0 Å². The summed E-state index contributed by atoms with van der Waals surface area (Å²) >= 11 is 6.03. The lowest BCUT2D eigenvalue weighted by Gasteiger charge is -2.32. The number of carboxylic acids is 1. The van der Waals surface area contributed by atoms with Crippen molar-refractivity contribution in [1.82, 2.24) is 4.90 Å². The first-order valence-corrected chi connectivity index (χ1v) is 8.80. The van der Waals surface area contributed by atoms with Crippen molar-refractivity contribution in [3.63, 3.8) is 0 Å². The lowest BCUT2D eigenvalue weighted by Crippen LogP contribution is -2.39. The summed E-state index contributed by atoms with van der Waals surface area (Å²) in [5.74, 6) is -0.739. The first kappa shape index (κ1) is 17.0. The van der Waals surface area contributed by atoms with Crippen molar-refractivity contribution in [2.24, 2.45) is 0 Å². The minimum atomic E-state index is -0.739. The molecule has 126 valence electrons. The number of halogens is 1. The van der Waals surface area contributed by atoms with Crippen LogP contribution in [0.2, 0.25) is 5.02 Å². The summed E-state index contributed by atoms with van der Waals surface area (Å²) in [5, 5.41) is 10.3. The maximum absolute atomic E-state index is 11.7. The van der Waals surface area contributed by atoms with Gasteiger partial charge in [-0.25, -0.2) is 0 Å². The Labute approximate surface area is 147 Å². The molecule has 1 saturated heterocycles. The van der Waals surface area contributed by atoms with Gasteiger partial charge in [0.05, 0.1) is 6.04 Å². The number of carboxylic acid groups (broad SMARTS) is 1. The third-order valence-corrected chi connectivity index (χ3v) is 5.05. The highest BCUT2D eigenvalue weighted by Gasteiger charge is 2.36. The van der Waals surface area contributed by atoms with Crippen molar-refractivity contribution < 1.29 is 9.90 Å². The molecule has 0 aromatic heterocycles. The molecule has 2 atom stereocenters. The number of aryl methyl sites for hydroxylation is 1. The number of carbonyl (C=O) groups is 1. The Morgan fingerprint density at radius 1 is 1.17 bits per heavy atom. The fourth-order valence-corrected chi connectivity index (χ4v) is 3.65. The Bertz CT molecular complexity index is 697. The quantitative estimate of drug-likeness (QED) is 0.866. The van der Waals surface area contributed by atoms with Crippen LogP contribution in [0.4, 0.5) is 0 Å². The van der Waals surface area contributed by atoms with Crippen molar-refractivity contribution in [3.05, 3.63) is 70.2 Å². The Balaban J connectivity index is 2.02. The number of likely N-dealkylation sites (tertiary alicyclic amines) is 1. The summed E-state index contributed by atoms with van der Waals surface area (Å²) in [6, 6.07) is 15.7. The van der Waals surface area contributed by atoms with Gasteiger partial charge in [0.15, 0.2) is 0 Å². The predicted octanol–water partition coefficient (Wildman–Crippen LogP) is 4.54. The molecule has 1 aliphatic heterocycles. The van der Waals surface area contributed by atoms with Gasteiger partial charge in [-0.3, -0.25) is 9.69 Å². The summed E-state index contributed by atoms with van der Waals surface area (Å²) < 4.78 is 0. The molecule has 0 radical (unpaired) electrons. The molecule has 3 nitrogen and oxygen atoms in total. The van der Waals surface area contributed by atoms with E-state index in [1.807, 2.05) is 24.3 Å². The van der Waals surface area contributed by atoms with E-state index in [2.05, 4.69) is 36.1 Å². The van der Waals surface area contributed by atoms with Crippen LogP contribution in [0.25, 0.3) is 0 Å². The monoisotopic (exact) mass is 343 g/mol. The molecular formula is C20H22ClNO2. The Morgan fingerprint density at radius 3 is 2.29 bits per heavy atom. The fraction of sp³-hybridized carbons (Fsp3) is 0.350. The molecule has 0 amide bonds. The standard InChI is InChI=1S/C20H22ClNO2/c1-2-14-5-7-15(8-6-14)19(16-9-11-17(21)12-10-16)22-13-3-4-18(22)20(23)24/h5-12,18-19H,2-4,13H2,1H3,(H,23,24). The van der Waals surface area contributed by atoms with Crippen LogP contribution in [0.3, 0.4) is 0 Å². The smallest absolute Gasteiger partial charge is 0.320 e. The van der Waals surface area contributed by atoms with E-state index < -0.39 is 12.0 Å². The summed E-state index contributed by atoms with van der Waals surface area (Å²) in [6.07, 6.45) is 2.61. The van der Waals surface area contributed by atoms with Crippen molar-refractivity contribution >= 4 is 17.6 Å². The topological polar surface area (TPSA) is 40.5 Å². The summed E-state index contributed by atoms with van der Waals surface area (Å²) in [5.41, 5.74) is 3.49. The minimum absolute atomic E-state index is 0.0585. The van der Waals surface area contributed by atoms with Crippen LogP contribution < -0.4 is 0 Å². The molecule has 3 rings (SSSR count). The average Bonchev–Trinajstić information content (AvgIpc) is 3.07. The molecule has 0 spiro atoms. The number of hydrogen-bond donors (Lipinski definition) is 1. The van der Waals surface area contributed by atoms with Gasteiger partial charge in [0, 0.05) is 11.6 Å². The second-order valence-electron chi connectivity index (χ2n) is 6.28. The van der Waals surface area contributed by atoms with Crippen LogP contribution in [0, 0.1) is 0 Å². The van der Waals surface area contributed by atoms with Crippen molar-refractivity contribution in [2.75, 3.05) is 6.54 Å². The van der Waals surface area contributed by atoms with Gasteiger partial charge in [-0.05, 0) is 48.1 Å². The van der Waals surface area contributed by atoms with Gasteiger partial charge in [0.1, 0.15) is 6.04 Å². The van der Waals surface area contributed by atoms with Crippen molar-refractivity contribution in [2.45, 2.75) is 38.3 Å². The normalized spacial score (nSPS) is 19.3. The van der Waals surface area contributed by atoms with Crippen molar-refractivity contribution in [1.29, 1.82) is 0 Å². The zero-order valence-electron chi connectivity index (χ0n) is 13.8. The van der Waals surface area contributed by atoms with E-state index in [0.29, 0.717) is 11.4 Å². The first-order valence-electron chi connectivity index (χ1n) is 8.43. The zero-order chi connectivity index (χ0) is 17.1. The summed E-state index contributed by atoms with van der Waals surface area (Å²) in [4.78, 5) is 13.8. The molecule has 0 saturated carbocycles. The van der Waals surface area contributed by atoms with Gasteiger partial charge in [-0.15, -0.1) is 0 Å².